The summed E-state index contributed by atoms with van der Waals surface area (Å²) in [6.07, 6.45) is 2.63. The van der Waals surface area contributed by atoms with Gasteiger partial charge >= 0.3 is 0 Å². The lowest BCUT2D eigenvalue weighted by Crippen LogP contribution is -2.55. The first kappa shape index (κ1) is 11.2. The van der Waals surface area contributed by atoms with Crippen LogP contribution in [0, 0.1) is 23.2 Å². The van der Waals surface area contributed by atoms with Gasteiger partial charge in [-0.3, -0.25) is 0 Å². The van der Waals surface area contributed by atoms with Gasteiger partial charge in [0.1, 0.15) is 0 Å². The minimum atomic E-state index is -0.0450. The van der Waals surface area contributed by atoms with Crippen molar-refractivity contribution >= 4 is 0 Å². The zero-order chi connectivity index (χ0) is 11.2. The minimum Gasteiger partial charge on any atom is -0.396 e. The summed E-state index contributed by atoms with van der Waals surface area (Å²) in [5, 5.41) is 9.70. The number of aliphatic hydroxyl groups excluding tert-OH is 1. The zero-order valence-corrected chi connectivity index (χ0v) is 10.2. The van der Waals surface area contributed by atoms with Crippen LogP contribution in [0.25, 0.3) is 0 Å². The third-order valence-electron chi connectivity index (χ3n) is 4.81. The van der Waals surface area contributed by atoms with Crippen LogP contribution in [0.1, 0.15) is 27.7 Å². The van der Waals surface area contributed by atoms with Crippen molar-refractivity contribution in [1.29, 1.82) is 0 Å². The van der Waals surface area contributed by atoms with E-state index in [0.29, 0.717) is 30.5 Å². The molecule has 0 radical (unpaired) electrons. The van der Waals surface area contributed by atoms with E-state index in [4.69, 9.17) is 4.74 Å². The molecule has 0 amide bonds. The van der Waals surface area contributed by atoms with Gasteiger partial charge in [-0.15, -0.1) is 0 Å². The average Bonchev–Trinajstić information content (AvgIpc) is 2.17. The van der Waals surface area contributed by atoms with Crippen LogP contribution in [0.15, 0.2) is 11.6 Å². The van der Waals surface area contributed by atoms with Crippen LogP contribution in [-0.4, -0.2) is 24.4 Å². The van der Waals surface area contributed by atoms with E-state index in [1.807, 2.05) is 0 Å². The Kier molecular flexibility index (Phi) is 2.68. The van der Waals surface area contributed by atoms with E-state index in [2.05, 4.69) is 33.8 Å². The first-order chi connectivity index (χ1) is 7.03. The van der Waals surface area contributed by atoms with Gasteiger partial charge in [0, 0.05) is 11.3 Å². The predicted octanol–water partition coefficient (Wildman–Crippen LogP) is 2.23. The predicted molar refractivity (Wildman–Crippen MR) is 60.5 cm³/mol. The number of ether oxygens (including phenoxy) is 1. The molecule has 1 heterocycles. The number of aliphatic hydroxyl groups is 1. The van der Waals surface area contributed by atoms with Gasteiger partial charge < -0.3 is 9.84 Å². The minimum absolute atomic E-state index is 0.0450. The van der Waals surface area contributed by atoms with Gasteiger partial charge in [-0.2, -0.15) is 0 Å². The van der Waals surface area contributed by atoms with Gasteiger partial charge in [-0.1, -0.05) is 25.5 Å². The molecule has 86 valence electrons. The van der Waals surface area contributed by atoms with E-state index in [0.717, 1.165) is 0 Å². The van der Waals surface area contributed by atoms with Crippen molar-refractivity contribution in [3.05, 3.63) is 11.6 Å². The highest BCUT2D eigenvalue weighted by Crippen LogP contribution is 2.51. The summed E-state index contributed by atoms with van der Waals surface area (Å²) >= 11 is 0. The molecule has 15 heavy (non-hydrogen) atoms. The van der Waals surface area contributed by atoms with Crippen molar-refractivity contribution in [1.82, 2.24) is 0 Å². The van der Waals surface area contributed by atoms with Gasteiger partial charge in [-0.25, -0.2) is 0 Å². The molecule has 1 aliphatic heterocycles. The molecule has 0 aromatic rings. The lowest BCUT2D eigenvalue weighted by molar-refractivity contribution is -0.157. The molecule has 0 aromatic heterocycles. The van der Waals surface area contributed by atoms with Gasteiger partial charge in [0.05, 0.1) is 19.3 Å². The van der Waals surface area contributed by atoms with Crippen molar-refractivity contribution in [2.75, 3.05) is 13.2 Å². The van der Waals surface area contributed by atoms with Gasteiger partial charge in [0.2, 0.25) is 0 Å². The van der Waals surface area contributed by atoms with Crippen LogP contribution in [0.2, 0.25) is 0 Å². The maximum absolute atomic E-state index is 9.70. The van der Waals surface area contributed by atoms with E-state index in [9.17, 15) is 5.11 Å². The SMILES string of the molecule is CC1=C[C@@H](C)[C@@]2(CO)CO[C@@H](C)[C@@H]1[C@H]2C. The molecule has 2 aliphatic rings. The molecule has 1 fully saturated rings. The maximum Gasteiger partial charge on any atom is 0.0615 e. The Balaban J connectivity index is 2.43. The quantitative estimate of drug-likeness (QED) is 0.673. The number of hydrogen-bond acceptors (Lipinski definition) is 2. The normalized spacial score (nSPS) is 50.1. The number of hydrogen-bond donors (Lipinski definition) is 1. The molecule has 2 heteroatoms. The summed E-state index contributed by atoms with van der Waals surface area (Å²) in [6, 6.07) is 0. The van der Waals surface area contributed by atoms with E-state index < -0.39 is 0 Å². The third kappa shape index (κ3) is 1.38. The van der Waals surface area contributed by atoms with Crippen LogP contribution in [0.4, 0.5) is 0 Å². The fraction of sp³-hybridized carbons (Fsp3) is 0.846. The second-order valence-corrected chi connectivity index (χ2v) is 5.42. The first-order valence-corrected chi connectivity index (χ1v) is 5.93. The molecule has 1 saturated heterocycles. The summed E-state index contributed by atoms with van der Waals surface area (Å²) < 4.78 is 5.85. The van der Waals surface area contributed by atoms with E-state index in [1.54, 1.807) is 0 Å². The highest BCUT2D eigenvalue weighted by molar-refractivity contribution is 5.20. The van der Waals surface area contributed by atoms with Crippen molar-refractivity contribution in [2.24, 2.45) is 23.2 Å². The van der Waals surface area contributed by atoms with Crippen molar-refractivity contribution in [3.63, 3.8) is 0 Å². The van der Waals surface area contributed by atoms with E-state index in [-0.39, 0.29) is 12.0 Å². The molecule has 2 rings (SSSR count). The smallest absolute Gasteiger partial charge is 0.0615 e. The van der Waals surface area contributed by atoms with Gasteiger partial charge in [0.15, 0.2) is 0 Å². The second kappa shape index (κ2) is 3.60. The molecule has 0 aromatic carbocycles. The standard InChI is InChI=1S/C13H22O2/c1-8-5-9(2)13(6-14)7-15-11(4)12(8)10(13)3/h5,9-12,14H,6-7H2,1-4H3/t9-,10-,11+,12+,13-/m1/s1. The van der Waals surface area contributed by atoms with Crippen LogP contribution < -0.4 is 0 Å². The molecule has 0 unspecified atom stereocenters. The van der Waals surface area contributed by atoms with Crippen molar-refractivity contribution in [2.45, 2.75) is 33.8 Å². The molecule has 1 N–H and O–H groups in total. The van der Waals surface area contributed by atoms with Crippen LogP contribution in [0.3, 0.4) is 0 Å². The summed E-state index contributed by atoms with van der Waals surface area (Å²) in [7, 11) is 0. The molecule has 0 saturated carbocycles. The molecule has 2 nitrogen and oxygen atoms in total. The number of fused-ring (bicyclic) bond motifs is 2. The Bertz CT molecular complexity index is 284. The molecule has 0 spiro atoms. The number of allylic oxidation sites excluding steroid dienone is 1. The molecule has 2 bridgehead atoms. The summed E-state index contributed by atoms with van der Waals surface area (Å²) in [4.78, 5) is 0. The average molecular weight is 210 g/mol. The monoisotopic (exact) mass is 210 g/mol. The second-order valence-electron chi connectivity index (χ2n) is 5.42. The molecular formula is C13H22O2. The maximum atomic E-state index is 9.70. The first-order valence-electron chi connectivity index (χ1n) is 5.93. The summed E-state index contributed by atoms with van der Waals surface area (Å²) in [5.41, 5.74) is 1.39. The van der Waals surface area contributed by atoms with Crippen LogP contribution in [0.5, 0.6) is 0 Å². The van der Waals surface area contributed by atoms with E-state index >= 15 is 0 Å². The lowest BCUT2D eigenvalue weighted by atomic mass is 9.56. The summed E-state index contributed by atoms with van der Waals surface area (Å²) in [5.74, 6) is 1.43. The molecule has 1 aliphatic carbocycles. The van der Waals surface area contributed by atoms with Crippen molar-refractivity contribution < 1.29 is 9.84 Å². The van der Waals surface area contributed by atoms with E-state index in [1.165, 1.54) is 5.57 Å². The van der Waals surface area contributed by atoms with Gasteiger partial charge in [0.25, 0.3) is 0 Å². The lowest BCUT2D eigenvalue weighted by Gasteiger charge is -2.54. The topological polar surface area (TPSA) is 29.5 Å². The Labute approximate surface area is 92.3 Å². The Morgan fingerprint density at radius 1 is 1.47 bits per heavy atom. The summed E-state index contributed by atoms with van der Waals surface area (Å²) in [6.45, 7) is 9.76. The molecule has 5 atom stereocenters. The Morgan fingerprint density at radius 3 is 2.73 bits per heavy atom. The Hall–Kier alpha value is -0.340. The van der Waals surface area contributed by atoms with Gasteiger partial charge in [-0.05, 0) is 25.7 Å². The zero-order valence-electron chi connectivity index (χ0n) is 10.2. The molecular weight excluding hydrogens is 188 g/mol. The number of rotatable bonds is 1. The van der Waals surface area contributed by atoms with Crippen LogP contribution >= 0.6 is 0 Å². The fourth-order valence-electron chi connectivity index (χ4n) is 3.60. The van der Waals surface area contributed by atoms with Crippen LogP contribution in [-0.2, 0) is 4.74 Å². The fourth-order valence-corrected chi connectivity index (χ4v) is 3.60. The van der Waals surface area contributed by atoms with Crippen molar-refractivity contribution in [3.8, 4) is 0 Å². The Morgan fingerprint density at radius 2 is 2.13 bits per heavy atom. The largest absolute Gasteiger partial charge is 0.396 e. The third-order valence-corrected chi connectivity index (χ3v) is 4.81. The highest BCUT2D eigenvalue weighted by Gasteiger charge is 2.51. The highest BCUT2D eigenvalue weighted by atomic mass is 16.5.